The lowest BCUT2D eigenvalue weighted by molar-refractivity contribution is -0.134. The van der Waals surface area contributed by atoms with Gasteiger partial charge in [-0.05, 0) is 60.2 Å². The van der Waals surface area contributed by atoms with Gasteiger partial charge >= 0.3 is 0 Å². The zero-order chi connectivity index (χ0) is 22.4. The molecule has 0 saturated heterocycles. The second kappa shape index (κ2) is 9.96. The lowest BCUT2D eigenvalue weighted by atomic mass is 9.92. The SMILES string of the molecule is COc1ccc(CC(=O)Nc2cccc(CN(CC(C)(C)CN)C(=O)C3CC3)c2)cc1. The third-order valence-corrected chi connectivity index (χ3v) is 5.52. The van der Waals surface area contributed by atoms with Crippen LogP contribution in [0.2, 0.25) is 0 Å². The minimum absolute atomic E-state index is 0.0857. The molecule has 3 N–H and O–H groups in total. The van der Waals surface area contributed by atoms with E-state index in [2.05, 4.69) is 19.2 Å². The Kier molecular flexibility index (Phi) is 7.33. The maximum atomic E-state index is 12.8. The molecule has 3 rings (SSSR count). The predicted octanol–water partition coefficient (Wildman–Crippen LogP) is 3.60. The van der Waals surface area contributed by atoms with E-state index in [1.165, 1.54) is 0 Å². The summed E-state index contributed by atoms with van der Waals surface area (Å²) in [5.41, 5.74) is 8.40. The number of hydrogen-bond acceptors (Lipinski definition) is 4. The highest BCUT2D eigenvalue weighted by atomic mass is 16.5. The number of methoxy groups -OCH3 is 1. The van der Waals surface area contributed by atoms with E-state index in [-0.39, 0.29) is 29.6 Å². The average Bonchev–Trinajstić information content (AvgIpc) is 3.59. The van der Waals surface area contributed by atoms with Crippen molar-refractivity contribution in [1.29, 1.82) is 0 Å². The molecule has 0 bridgehead atoms. The fourth-order valence-corrected chi connectivity index (χ4v) is 3.48. The fourth-order valence-electron chi connectivity index (χ4n) is 3.48. The van der Waals surface area contributed by atoms with Gasteiger partial charge in [-0.2, -0.15) is 0 Å². The second-order valence-corrected chi connectivity index (χ2v) is 9.11. The highest BCUT2D eigenvalue weighted by molar-refractivity contribution is 5.92. The number of carbonyl (C=O) groups excluding carboxylic acids is 2. The lowest BCUT2D eigenvalue weighted by Crippen LogP contribution is -2.42. The molecule has 0 radical (unpaired) electrons. The van der Waals surface area contributed by atoms with E-state index < -0.39 is 0 Å². The number of benzene rings is 2. The van der Waals surface area contributed by atoms with Crippen molar-refractivity contribution in [2.24, 2.45) is 17.1 Å². The molecular formula is C25H33N3O3. The molecule has 1 fully saturated rings. The van der Waals surface area contributed by atoms with Crippen molar-refractivity contribution < 1.29 is 14.3 Å². The minimum Gasteiger partial charge on any atom is -0.497 e. The zero-order valence-corrected chi connectivity index (χ0v) is 18.7. The fraction of sp³-hybridized carbons (Fsp3) is 0.440. The van der Waals surface area contributed by atoms with Crippen molar-refractivity contribution in [2.75, 3.05) is 25.5 Å². The molecular weight excluding hydrogens is 390 g/mol. The molecule has 0 spiro atoms. The summed E-state index contributed by atoms with van der Waals surface area (Å²) in [6.45, 7) is 5.81. The minimum atomic E-state index is -0.144. The van der Waals surface area contributed by atoms with Crippen LogP contribution in [-0.4, -0.2) is 36.9 Å². The first-order valence-electron chi connectivity index (χ1n) is 10.8. The van der Waals surface area contributed by atoms with Crippen molar-refractivity contribution in [2.45, 2.75) is 39.7 Å². The number of rotatable bonds is 10. The Hall–Kier alpha value is -2.86. The predicted molar refractivity (Wildman–Crippen MR) is 123 cm³/mol. The Morgan fingerprint density at radius 3 is 2.45 bits per heavy atom. The zero-order valence-electron chi connectivity index (χ0n) is 18.7. The molecule has 1 aliphatic carbocycles. The van der Waals surface area contributed by atoms with Gasteiger partial charge < -0.3 is 20.7 Å². The van der Waals surface area contributed by atoms with Crippen molar-refractivity contribution >= 4 is 17.5 Å². The number of ether oxygens (including phenoxy) is 1. The van der Waals surface area contributed by atoms with E-state index in [1.54, 1.807) is 7.11 Å². The van der Waals surface area contributed by atoms with Gasteiger partial charge in [0, 0.05) is 24.7 Å². The molecule has 6 nitrogen and oxygen atoms in total. The molecule has 0 atom stereocenters. The maximum Gasteiger partial charge on any atom is 0.228 e. The van der Waals surface area contributed by atoms with Crippen LogP contribution < -0.4 is 15.8 Å². The molecule has 0 aliphatic heterocycles. The molecule has 2 amide bonds. The normalized spacial score (nSPS) is 13.5. The molecule has 0 unspecified atom stereocenters. The number of carbonyl (C=O) groups is 2. The molecule has 1 saturated carbocycles. The van der Waals surface area contributed by atoms with Crippen LogP contribution >= 0.6 is 0 Å². The largest absolute Gasteiger partial charge is 0.497 e. The summed E-state index contributed by atoms with van der Waals surface area (Å²) in [4.78, 5) is 27.2. The average molecular weight is 424 g/mol. The number of anilines is 1. The maximum absolute atomic E-state index is 12.8. The number of amides is 2. The summed E-state index contributed by atoms with van der Waals surface area (Å²) in [6, 6.07) is 15.2. The Morgan fingerprint density at radius 1 is 1.13 bits per heavy atom. The first-order valence-corrected chi connectivity index (χ1v) is 10.8. The standard InChI is InChI=1S/C25H33N3O3/c1-25(2,16-26)17-28(24(30)20-9-10-20)15-19-5-4-6-21(13-19)27-23(29)14-18-7-11-22(31-3)12-8-18/h4-8,11-13,20H,9-10,14-17,26H2,1-3H3,(H,27,29). The van der Waals surface area contributed by atoms with E-state index >= 15 is 0 Å². The Bertz CT molecular complexity index is 904. The van der Waals surface area contributed by atoms with Crippen LogP contribution in [0.15, 0.2) is 48.5 Å². The van der Waals surface area contributed by atoms with Crippen LogP contribution in [0.4, 0.5) is 5.69 Å². The van der Waals surface area contributed by atoms with E-state index in [4.69, 9.17) is 10.5 Å². The van der Waals surface area contributed by atoms with Crippen molar-refractivity contribution in [3.63, 3.8) is 0 Å². The number of nitrogens with one attached hydrogen (secondary N) is 1. The van der Waals surface area contributed by atoms with Gasteiger partial charge in [0.2, 0.25) is 11.8 Å². The third-order valence-electron chi connectivity index (χ3n) is 5.52. The number of nitrogens with two attached hydrogens (primary N) is 1. The first-order chi connectivity index (χ1) is 14.8. The van der Waals surface area contributed by atoms with Gasteiger partial charge in [-0.15, -0.1) is 0 Å². The monoisotopic (exact) mass is 423 g/mol. The van der Waals surface area contributed by atoms with Gasteiger partial charge in [-0.25, -0.2) is 0 Å². The van der Waals surface area contributed by atoms with Gasteiger partial charge in [0.05, 0.1) is 13.5 Å². The summed E-state index contributed by atoms with van der Waals surface area (Å²) in [5, 5.41) is 2.96. The molecule has 2 aromatic carbocycles. The molecule has 166 valence electrons. The van der Waals surface area contributed by atoms with Gasteiger partial charge in [0.25, 0.3) is 0 Å². The first kappa shape index (κ1) is 22.8. The van der Waals surface area contributed by atoms with Crippen LogP contribution in [0.5, 0.6) is 5.75 Å². The molecule has 0 aromatic heterocycles. The van der Waals surface area contributed by atoms with Gasteiger partial charge in [0.15, 0.2) is 0 Å². The van der Waals surface area contributed by atoms with E-state index in [0.717, 1.165) is 35.4 Å². The smallest absolute Gasteiger partial charge is 0.228 e. The van der Waals surface area contributed by atoms with Gasteiger partial charge in [0.1, 0.15) is 5.75 Å². The Balaban J connectivity index is 1.64. The lowest BCUT2D eigenvalue weighted by Gasteiger charge is -2.32. The summed E-state index contributed by atoms with van der Waals surface area (Å²) in [6.07, 6.45) is 2.23. The van der Waals surface area contributed by atoms with E-state index in [9.17, 15) is 9.59 Å². The number of nitrogens with zero attached hydrogens (tertiary/aromatic N) is 1. The Morgan fingerprint density at radius 2 is 1.84 bits per heavy atom. The summed E-state index contributed by atoms with van der Waals surface area (Å²) in [5.74, 6) is 1.04. The highest BCUT2D eigenvalue weighted by Crippen LogP contribution is 2.32. The highest BCUT2D eigenvalue weighted by Gasteiger charge is 2.35. The summed E-state index contributed by atoms with van der Waals surface area (Å²) in [7, 11) is 1.62. The van der Waals surface area contributed by atoms with Crippen LogP contribution in [0, 0.1) is 11.3 Å². The Labute approximate surface area is 184 Å². The van der Waals surface area contributed by atoms with Crippen LogP contribution in [-0.2, 0) is 22.6 Å². The van der Waals surface area contributed by atoms with Crippen molar-refractivity contribution in [3.05, 3.63) is 59.7 Å². The number of hydrogen-bond donors (Lipinski definition) is 2. The van der Waals surface area contributed by atoms with Gasteiger partial charge in [-0.1, -0.05) is 38.1 Å². The van der Waals surface area contributed by atoms with Gasteiger partial charge in [-0.3, -0.25) is 9.59 Å². The van der Waals surface area contributed by atoms with E-state index in [0.29, 0.717) is 19.6 Å². The topological polar surface area (TPSA) is 84.7 Å². The van der Waals surface area contributed by atoms with Crippen molar-refractivity contribution in [1.82, 2.24) is 4.90 Å². The third kappa shape index (κ3) is 6.82. The molecule has 1 aliphatic rings. The molecule has 31 heavy (non-hydrogen) atoms. The quantitative estimate of drug-likeness (QED) is 0.611. The molecule has 6 heteroatoms. The van der Waals surface area contributed by atoms with E-state index in [1.807, 2.05) is 53.4 Å². The molecule has 2 aromatic rings. The van der Waals surface area contributed by atoms with Crippen LogP contribution in [0.3, 0.4) is 0 Å². The van der Waals surface area contributed by atoms with Crippen LogP contribution in [0.25, 0.3) is 0 Å². The van der Waals surface area contributed by atoms with Crippen LogP contribution in [0.1, 0.15) is 37.8 Å². The second-order valence-electron chi connectivity index (χ2n) is 9.11. The summed E-state index contributed by atoms with van der Waals surface area (Å²) < 4.78 is 5.15. The summed E-state index contributed by atoms with van der Waals surface area (Å²) >= 11 is 0. The van der Waals surface area contributed by atoms with Crippen molar-refractivity contribution in [3.8, 4) is 5.75 Å². The molecule has 0 heterocycles.